The molecular weight excluding hydrogens is 278 g/mol. The quantitative estimate of drug-likeness (QED) is 0.877. The largest absolute Gasteiger partial charge is 0.331 e. The van der Waals surface area contributed by atoms with Gasteiger partial charge in [0.25, 0.3) is 0 Å². The minimum atomic E-state index is 0.0469. The van der Waals surface area contributed by atoms with Crippen molar-refractivity contribution in [2.24, 2.45) is 5.92 Å². The molecule has 0 aromatic carbocycles. The molecule has 6 heteroatoms. The second-order valence-corrected chi connectivity index (χ2v) is 6.71. The molecule has 0 bridgehead atoms. The van der Waals surface area contributed by atoms with Gasteiger partial charge in [0.05, 0.1) is 6.54 Å². The van der Waals surface area contributed by atoms with Crippen LogP contribution in [-0.4, -0.2) is 37.8 Å². The molecule has 3 rings (SSSR count). The Morgan fingerprint density at radius 1 is 1.41 bits per heavy atom. The number of nitrogens with zero attached hydrogens (tertiary/aromatic N) is 4. The summed E-state index contributed by atoms with van der Waals surface area (Å²) in [7, 11) is 0. The Hall–Kier alpha value is -1.59. The monoisotopic (exact) mass is 305 g/mol. The van der Waals surface area contributed by atoms with Crippen molar-refractivity contribution in [3.63, 3.8) is 0 Å². The molecule has 2 amide bonds. The van der Waals surface area contributed by atoms with Gasteiger partial charge in [-0.05, 0) is 32.1 Å². The van der Waals surface area contributed by atoms with Crippen LogP contribution < -0.4 is 5.32 Å². The van der Waals surface area contributed by atoms with Gasteiger partial charge in [0.1, 0.15) is 5.82 Å². The van der Waals surface area contributed by atoms with Crippen molar-refractivity contribution in [1.82, 2.24) is 25.0 Å². The van der Waals surface area contributed by atoms with E-state index in [-0.39, 0.29) is 12.1 Å². The van der Waals surface area contributed by atoms with Crippen LogP contribution >= 0.6 is 0 Å². The number of fused-ring (bicyclic) bond motifs is 1. The minimum absolute atomic E-state index is 0.0469. The smallest absolute Gasteiger partial charge is 0.318 e. The highest BCUT2D eigenvalue weighted by molar-refractivity contribution is 5.75. The zero-order chi connectivity index (χ0) is 15.7. The number of urea groups is 1. The van der Waals surface area contributed by atoms with E-state index in [9.17, 15) is 4.79 Å². The summed E-state index contributed by atoms with van der Waals surface area (Å²) in [4.78, 5) is 14.7. The highest BCUT2D eigenvalue weighted by atomic mass is 16.2. The van der Waals surface area contributed by atoms with Crippen LogP contribution in [0.1, 0.15) is 58.1 Å². The van der Waals surface area contributed by atoms with Gasteiger partial charge in [-0.2, -0.15) is 0 Å². The Bertz CT molecular complexity index is 537. The number of aromatic nitrogens is 3. The Labute approximate surface area is 132 Å². The number of carbonyl (C=O) groups is 1. The van der Waals surface area contributed by atoms with Crippen LogP contribution in [0, 0.1) is 5.92 Å². The van der Waals surface area contributed by atoms with Crippen LogP contribution in [-0.2, 0) is 19.5 Å². The highest BCUT2D eigenvalue weighted by Gasteiger charge is 2.37. The molecule has 1 aliphatic heterocycles. The second kappa shape index (κ2) is 6.26. The van der Waals surface area contributed by atoms with Gasteiger partial charge in [-0.3, -0.25) is 0 Å². The van der Waals surface area contributed by atoms with Crippen LogP contribution in [0.2, 0.25) is 0 Å². The molecule has 2 aliphatic rings. The molecule has 1 aromatic heterocycles. The second-order valence-electron chi connectivity index (χ2n) is 6.71. The van der Waals surface area contributed by atoms with E-state index in [0.29, 0.717) is 18.5 Å². The van der Waals surface area contributed by atoms with E-state index in [2.05, 4.69) is 45.8 Å². The molecule has 1 aliphatic carbocycles. The summed E-state index contributed by atoms with van der Waals surface area (Å²) in [6.07, 6.45) is 5.49. The van der Waals surface area contributed by atoms with E-state index in [1.165, 1.54) is 0 Å². The number of nitrogens with one attached hydrogen (secondary N) is 1. The minimum Gasteiger partial charge on any atom is -0.331 e. The van der Waals surface area contributed by atoms with Crippen LogP contribution in [0.4, 0.5) is 4.79 Å². The normalized spacial score (nSPS) is 19.6. The maximum atomic E-state index is 12.6. The summed E-state index contributed by atoms with van der Waals surface area (Å²) in [5.74, 6) is 2.45. The van der Waals surface area contributed by atoms with Crippen LogP contribution in [0.5, 0.6) is 0 Å². The first-order valence-electron chi connectivity index (χ1n) is 8.59. The molecule has 2 heterocycles. The number of amides is 2. The number of carbonyl (C=O) groups excluding carboxylic acids is 1. The van der Waals surface area contributed by atoms with Crippen molar-refractivity contribution < 1.29 is 4.79 Å². The number of hydrogen-bond acceptors (Lipinski definition) is 3. The van der Waals surface area contributed by atoms with Gasteiger partial charge in [-0.15, -0.1) is 10.2 Å². The topological polar surface area (TPSA) is 63.1 Å². The summed E-state index contributed by atoms with van der Waals surface area (Å²) in [5.41, 5.74) is 0. The average Bonchev–Trinajstić information content (AvgIpc) is 3.09. The van der Waals surface area contributed by atoms with Crippen molar-refractivity contribution in [2.75, 3.05) is 0 Å². The Morgan fingerprint density at radius 2 is 2.18 bits per heavy atom. The molecular formula is C16H27N5O. The van der Waals surface area contributed by atoms with Gasteiger partial charge in [-0.25, -0.2) is 4.79 Å². The van der Waals surface area contributed by atoms with Gasteiger partial charge in [-0.1, -0.05) is 20.3 Å². The van der Waals surface area contributed by atoms with E-state index in [1.807, 2.05) is 0 Å². The van der Waals surface area contributed by atoms with Gasteiger partial charge in [0.15, 0.2) is 5.82 Å². The third kappa shape index (κ3) is 2.96. The lowest BCUT2D eigenvalue weighted by Gasteiger charge is -2.33. The van der Waals surface area contributed by atoms with Crippen molar-refractivity contribution in [3.8, 4) is 0 Å². The van der Waals surface area contributed by atoms with Crippen LogP contribution in [0.15, 0.2) is 0 Å². The third-order valence-corrected chi connectivity index (χ3v) is 5.16. The lowest BCUT2D eigenvalue weighted by molar-refractivity contribution is 0.151. The molecule has 2 atom stereocenters. The van der Waals surface area contributed by atoms with Crippen molar-refractivity contribution in [3.05, 3.63) is 11.6 Å². The summed E-state index contributed by atoms with van der Waals surface area (Å²) in [5, 5.41) is 11.5. The first kappa shape index (κ1) is 15.3. The lowest BCUT2D eigenvalue weighted by atomic mass is 9.99. The fraction of sp³-hybridized carbons (Fsp3) is 0.812. The van der Waals surface area contributed by atoms with Gasteiger partial charge < -0.3 is 14.8 Å². The lowest BCUT2D eigenvalue weighted by Crippen LogP contribution is -2.48. The first-order chi connectivity index (χ1) is 10.6. The zero-order valence-electron chi connectivity index (χ0n) is 13.9. The fourth-order valence-corrected chi connectivity index (χ4v) is 3.24. The Kier molecular flexibility index (Phi) is 4.36. The summed E-state index contributed by atoms with van der Waals surface area (Å²) >= 11 is 0. The Balaban J connectivity index is 1.61. The molecule has 0 radical (unpaired) electrons. The van der Waals surface area contributed by atoms with Gasteiger partial charge >= 0.3 is 6.03 Å². The SMILES string of the molecule is CCC(C)C(C)N(C(=O)NCc1nnc2n1CCC2)C1CC1. The summed E-state index contributed by atoms with van der Waals surface area (Å²) in [6.45, 7) is 8.02. The molecule has 1 N–H and O–H groups in total. The molecule has 6 nitrogen and oxygen atoms in total. The van der Waals surface area contributed by atoms with E-state index in [0.717, 1.165) is 50.3 Å². The predicted molar refractivity (Wildman–Crippen MR) is 84.4 cm³/mol. The van der Waals surface area contributed by atoms with Crippen molar-refractivity contribution >= 4 is 6.03 Å². The number of hydrogen-bond donors (Lipinski definition) is 1. The number of rotatable bonds is 6. The van der Waals surface area contributed by atoms with Crippen LogP contribution in [0.3, 0.4) is 0 Å². The molecule has 0 spiro atoms. The van der Waals surface area contributed by atoms with E-state index < -0.39 is 0 Å². The maximum Gasteiger partial charge on any atom is 0.318 e. The number of aryl methyl sites for hydroxylation is 1. The van der Waals surface area contributed by atoms with E-state index in [4.69, 9.17) is 0 Å². The molecule has 122 valence electrons. The predicted octanol–water partition coefficient (Wildman–Crippen LogP) is 2.33. The summed E-state index contributed by atoms with van der Waals surface area (Å²) in [6, 6.07) is 0.750. The Morgan fingerprint density at radius 3 is 2.86 bits per heavy atom. The first-order valence-corrected chi connectivity index (χ1v) is 8.59. The van der Waals surface area contributed by atoms with E-state index in [1.54, 1.807) is 0 Å². The summed E-state index contributed by atoms with van der Waals surface area (Å²) < 4.78 is 2.14. The average molecular weight is 305 g/mol. The highest BCUT2D eigenvalue weighted by Crippen LogP contribution is 2.31. The third-order valence-electron chi connectivity index (χ3n) is 5.16. The molecule has 22 heavy (non-hydrogen) atoms. The molecule has 1 aromatic rings. The molecule has 1 fully saturated rings. The standard InChI is InChI=1S/C16H27N5O/c1-4-11(2)12(3)21(13-7-8-13)16(22)17-10-15-19-18-14-6-5-9-20(14)15/h11-13H,4-10H2,1-3H3,(H,17,22). The molecule has 0 saturated heterocycles. The fourth-order valence-electron chi connectivity index (χ4n) is 3.24. The zero-order valence-corrected chi connectivity index (χ0v) is 13.9. The van der Waals surface area contributed by atoms with Crippen molar-refractivity contribution in [1.29, 1.82) is 0 Å². The van der Waals surface area contributed by atoms with Crippen LogP contribution in [0.25, 0.3) is 0 Å². The molecule has 1 saturated carbocycles. The molecule has 2 unspecified atom stereocenters. The van der Waals surface area contributed by atoms with E-state index >= 15 is 0 Å². The van der Waals surface area contributed by atoms with Crippen molar-refractivity contribution in [2.45, 2.75) is 78.0 Å². The van der Waals surface area contributed by atoms with Gasteiger partial charge in [0.2, 0.25) is 0 Å². The van der Waals surface area contributed by atoms with Gasteiger partial charge in [0, 0.05) is 25.0 Å². The maximum absolute atomic E-state index is 12.6.